The van der Waals surface area contributed by atoms with E-state index in [1.165, 1.54) is 6.92 Å². The summed E-state index contributed by atoms with van der Waals surface area (Å²) in [5.41, 5.74) is -0.316. The fourth-order valence-electron chi connectivity index (χ4n) is 2.48. The molecule has 1 heterocycles. The molecule has 2 N–H and O–H groups in total. The molecule has 1 aromatic carbocycles. The number of rotatable bonds is 7. The van der Waals surface area contributed by atoms with E-state index in [-0.39, 0.29) is 25.3 Å². The third-order valence-corrected chi connectivity index (χ3v) is 3.93. The second kappa shape index (κ2) is 7.99. The van der Waals surface area contributed by atoms with Crippen molar-refractivity contribution in [2.75, 3.05) is 11.9 Å². The van der Waals surface area contributed by atoms with Gasteiger partial charge in [-0.2, -0.15) is 0 Å². The highest BCUT2D eigenvalue weighted by molar-refractivity contribution is 6.06. The molecule has 0 aromatic heterocycles. The van der Waals surface area contributed by atoms with Crippen LogP contribution in [0.25, 0.3) is 0 Å². The third kappa shape index (κ3) is 4.81. The highest BCUT2D eigenvalue weighted by Crippen LogP contribution is 2.17. The number of nitrogens with one attached hydrogen (secondary N) is 2. The Balaban J connectivity index is 1.74. The summed E-state index contributed by atoms with van der Waals surface area (Å²) in [5.74, 6) is -1.32. The van der Waals surface area contributed by atoms with Crippen LogP contribution in [0.5, 0.6) is 0 Å². The minimum atomic E-state index is -0.946. The maximum absolute atomic E-state index is 12.0. The van der Waals surface area contributed by atoms with E-state index in [0.717, 1.165) is 4.90 Å². The van der Waals surface area contributed by atoms with Crippen LogP contribution in [0.4, 0.5) is 10.5 Å². The van der Waals surface area contributed by atoms with Gasteiger partial charge in [0.1, 0.15) is 5.54 Å². The number of nitrogens with zero attached hydrogens (tertiary/aromatic N) is 1. The predicted octanol–water partition coefficient (Wildman–Crippen LogP) is 1.67. The predicted molar refractivity (Wildman–Crippen MR) is 94.2 cm³/mol. The van der Waals surface area contributed by atoms with Crippen LogP contribution in [0.3, 0.4) is 0 Å². The van der Waals surface area contributed by atoms with Gasteiger partial charge in [0.2, 0.25) is 0 Å². The monoisotopic (exact) mass is 361 g/mol. The van der Waals surface area contributed by atoms with E-state index in [0.29, 0.717) is 5.69 Å². The number of imide groups is 1. The Morgan fingerprint density at radius 1 is 1.23 bits per heavy atom. The fraction of sp³-hybridized carbons (Fsp3) is 0.444. The van der Waals surface area contributed by atoms with Crippen molar-refractivity contribution in [2.45, 2.75) is 45.3 Å². The molecule has 1 aromatic rings. The van der Waals surface area contributed by atoms with E-state index < -0.39 is 29.6 Å². The number of ether oxygens (including phenoxy) is 1. The molecule has 0 saturated carbocycles. The first kappa shape index (κ1) is 19.4. The zero-order valence-corrected chi connectivity index (χ0v) is 15.1. The quantitative estimate of drug-likeness (QED) is 0.568. The van der Waals surface area contributed by atoms with Gasteiger partial charge in [-0.05, 0) is 39.3 Å². The average Bonchev–Trinajstić information content (AvgIpc) is 2.77. The van der Waals surface area contributed by atoms with E-state index in [4.69, 9.17) is 4.74 Å². The molecule has 0 aliphatic carbocycles. The molecule has 4 amide bonds. The van der Waals surface area contributed by atoms with Crippen molar-refractivity contribution in [1.82, 2.24) is 10.2 Å². The zero-order valence-electron chi connectivity index (χ0n) is 15.1. The summed E-state index contributed by atoms with van der Waals surface area (Å²) in [6.07, 6.45) is -0.681. The highest BCUT2D eigenvalue weighted by Gasteiger charge is 2.43. The number of amides is 4. The van der Waals surface area contributed by atoms with Gasteiger partial charge in [-0.15, -0.1) is 0 Å². The Kier molecular flexibility index (Phi) is 5.97. The lowest BCUT2D eigenvalue weighted by Gasteiger charge is -2.16. The average molecular weight is 361 g/mol. The molecule has 1 aliphatic heterocycles. The van der Waals surface area contributed by atoms with Crippen LogP contribution >= 0.6 is 0 Å². The molecular formula is C18H23N3O5. The Labute approximate surface area is 151 Å². The number of hydrogen-bond donors (Lipinski definition) is 2. The number of anilines is 1. The van der Waals surface area contributed by atoms with Crippen molar-refractivity contribution >= 4 is 29.5 Å². The standard InChI is InChI=1S/C18H23N3O5/c1-12(15(23)19-13-8-5-4-6-9-13)26-14(22)10-7-11-21-16(24)18(2,3)20-17(21)25/h4-6,8-9,12H,7,10-11H2,1-3H3,(H,19,23)(H,20,25). The van der Waals surface area contributed by atoms with Crippen molar-refractivity contribution in [3.8, 4) is 0 Å². The molecule has 1 saturated heterocycles. The first-order chi connectivity index (χ1) is 12.2. The molecule has 140 valence electrons. The molecular weight excluding hydrogens is 338 g/mol. The SMILES string of the molecule is CC(OC(=O)CCCN1C(=O)NC(C)(C)C1=O)C(=O)Nc1ccccc1. The molecule has 1 atom stereocenters. The first-order valence-corrected chi connectivity index (χ1v) is 8.40. The largest absolute Gasteiger partial charge is 0.453 e. The summed E-state index contributed by atoms with van der Waals surface area (Å²) in [6.45, 7) is 4.84. The Bertz CT molecular complexity index is 702. The summed E-state index contributed by atoms with van der Waals surface area (Å²) in [7, 11) is 0. The van der Waals surface area contributed by atoms with Crippen LogP contribution in [-0.4, -0.2) is 46.9 Å². The van der Waals surface area contributed by atoms with Gasteiger partial charge in [-0.3, -0.25) is 19.3 Å². The minimum absolute atomic E-state index is 0.000442. The second-order valence-corrected chi connectivity index (χ2v) is 6.60. The maximum Gasteiger partial charge on any atom is 0.325 e. The van der Waals surface area contributed by atoms with E-state index in [1.54, 1.807) is 38.1 Å². The maximum atomic E-state index is 12.0. The van der Waals surface area contributed by atoms with Crippen LogP contribution in [0.15, 0.2) is 30.3 Å². The molecule has 1 fully saturated rings. The third-order valence-electron chi connectivity index (χ3n) is 3.93. The molecule has 26 heavy (non-hydrogen) atoms. The number of esters is 1. The van der Waals surface area contributed by atoms with Crippen LogP contribution in [0.2, 0.25) is 0 Å². The van der Waals surface area contributed by atoms with E-state index in [2.05, 4.69) is 10.6 Å². The van der Waals surface area contributed by atoms with E-state index in [1.807, 2.05) is 6.07 Å². The van der Waals surface area contributed by atoms with Gasteiger partial charge in [0.25, 0.3) is 11.8 Å². The van der Waals surface area contributed by atoms with Crippen molar-refractivity contribution in [3.05, 3.63) is 30.3 Å². The van der Waals surface area contributed by atoms with Crippen LogP contribution in [0, 0.1) is 0 Å². The van der Waals surface area contributed by atoms with Crippen LogP contribution in [0.1, 0.15) is 33.6 Å². The topological polar surface area (TPSA) is 105 Å². The fourth-order valence-corrected chi connectivity index (χ4v) is 2.48. The number of hydrogen-bond acceptors (Lipinski definition) is 5. The molecule has 8 nitrogen and oxygen atoms in total. The highest BCUT2D eigenvalue weighted by atomic mass is 16.5. The normalized spacial score (nSPS) is 16.8. The number of para-hydroxylation sites is 1. The molecule has 1 unspecified atom stereocenters. The molecule has 0 spiro atoms. The lowest BCUT2D eigenvalue weighted by molar-refractivity contribution is -0.153. The zero-order chi connectivity index (χ0) is 19.3. The first-order valence-electron chi connectivity index (χ1n) is 8.40. The minimum Gasteiger partial charge on any atom is -0.453 e. The Morgan fingerprint density at radius 3 is 2.46 bits per heavy atom. The number of carbonyl (C=O) groups is 4. The number of carbonyl (C=O) groups excluding carboxylic acids is 4. The molecule has 2 rings (SSSR count). The van der Waals surface area contributed by atoms with Crippen molar-refractivity contribution in [2.24, 2.45) is 0 Å². The number of urea groups is 1. The van der Waals surface area contributed by atoms with Crippen molar-refractivity contribution < 1.29 is 23.9 Å². The van der Waals surface area contributed by atoms with Crippen LogP contribution in [-0.2, 0) is 19.1 Å². The lowest BCUT2D eigenvalue weighted by Crippen LogP contribution is -2.40. The smallest absolute Gasteiger partial charge is 0.325 e. The van der Waals surface area contributed by atoms with Gasteiger partial charge in [-0.1, -0.05) is 18.2 Å². The molecule has 0 bridgehead atoms. The van der Waals surface area contributed by atoms with Crippen molar-refractivity contribution in [1.29, 1.82) is 0 Å². The molecule has 1 aliphatic rings. The van der Waals surface area contributed by atoms with Gasteiger partial charge in [0, 0.05) is 18.7 Å². The number of benzene rings is 1. The Morgan fingerprint density at radius 2 is 1.88 bits per heavy atom. The van der Waals surface area contributed by atoms with Crippen LogP contribution < -0.4 is 10.6 Å². The summed E-state index contributed by atoms with van der Waals surface area (Å²) < 4.78 is 5.09. The van der Waals surface area contributed by atoms with Gasteiger partial charge in [0.05, 0.1) is 0 Å². The summed E-state index contributed by atoms with van der Waals surface area (Å²) >= 11 is 0. The van der Waals surface area contributed by atoms with Gasteiger partial charge in [-0.25, -0.2) is 4.79 Å². The summed E-state index contributed by atoms with van der Waals surface area (Å²) in [6, 6.07) is 8.38. The molecule has 8 heteroatoms. The molecule has 0 radical (unpaired) electrons. The summed E-state index contributed by atoms with van der Waals surface area (Å²) in [4.78, 5) is 48.7. The van der Waals surface area contributed by atoms with Gasteiger partial charge in [0.15, 0.2) is 6.10 Å². The van der Waals surface area contributed by atoms with Crippen molar-refractivity contribution in [3.63, 3.8) is 0 Å². The Hall–Kier alpha value is -2.90. The second-order valence-electron chi connectivity index (χ2n) is 6.60. The van der Waals surface area contributed by atoms with Gasteiger partial charge < -0.3 is 15.4 Å². The lowest BCUT2D eigenvalue weighted by atomic mass is 10.1. The van der Waals surface area contributed by atoms with E-state index in [9.17, 15) is 19.2 Å². The summed E-state index contributed by atoms with van der Waals surface area (Å²) in [5, 5.41) is 5.22. The van der Waals surface area contributed by atoms with E-state index >= 15 is 0 Å². The van der Waals surface area contributed by atoms with Gasteiger partial charge >= 0.3 is 12.0 Å².